The van der Waals surface area contributed by atoms with Gasteiger partial charge in [-0.15, -0.1) is 0 Å². The Balaban J connectivity index is 1.02. The van der Waals surface area contributed by atoms with E-state index in [1.54, 1.807) is 41.5 Å². The second kappa shape index (κ2) is 26.4. The van der Waals surface area contributed by atoms with Gasteiger partial charge in [-0.2, -0.15) is 0 Å². The molecule has 2 aromatic carbocycles. The van der Waals surface area contributed by atoms with Crippen molar-refractivity contribution in [2.24, 2.45) is 11.8 Å². The third kappa shape index (κ3) is 14.3. The number of ether oxygens (including phenoxy) is 13. The van der Waals surface area contributed by atoms with Gasteiger partial charge < -0.3 is 108 Å². The maximum absolute atomic E-state index is 15.1. The van der Waals surface area contributed by atoms with Crippen molar-refractivity contribution in [3.63, 3.8) is 0 Å². The third-order valence-electron chi connectivity index (χ3n) is 16.4. The lowest BCUT2D eigenvalue weighted by Gasteiger charge is -2.47. The van der Waals surface area contributed by atoms with Crippen molar-refractivity contribution in [2.75, 3.05) is 7.11 Å². The fourth-order valence-electron chi connectivity index (χ4n) is 12.0. The van der Waals surface area contributed by atoms with Crippen LogP contribution in [0.2, 0.25) is 0 Å². The molecule has 5 aliphatic heterocycles. The molecule has 5 heterocycles. The Hall–Kier alpha value is -4.30. The predicted molar refractivity (Wildman–Crippen MR) is 282 cm³/mol. The first-order chi connectivity index (χ1) is 39.0. The number of carbonyl (C=O) groups is 4. The molecule has 0 saturated carbocycles. The average molecular weight is 1180 g/mol. The SMILES string of the molecule is CO[C@H](C(=O)[C@@H](O)[C@@H](C)O)[C@@H]1Cc2cc3cc(OC4CC(OC5CC(O)C(O)C(C)O5)C(OC(C)=O)C(C)O4)cc(O)c3c(O)c2C(=O)[C@H]1OC1CC(OC2CC(OC3CC(C)(O)C(OC(=O)C(C)C)C(C)O3)C(O)C(C)O2)C(O)C(C)O1. The number of hydrogen-bond donors (Lipinski definition) is 9. The molecule has 0 amide bonds. The Morgan fingerprint density at radius 2 is 1.23 bits per heavy atom. The zero-order valence-corrected chi connectivity index (χ0v) is 48.4. The summed E-state index contributed by atoms with van der Waals surface area (Å²) in [4.78, 5) is 53.7. The molecular formula is C57H82O26. The minimum absolute atomic E-state index is 0.0277. The molecule has 26 nitrogen and oxygen atoms in total. The lowest BCUT2D eigenvalue weighted by atomic mass is 9.75. The van der Waals surface area contributed by atoms with Gasteiger partial charge in [-0.3, -0.25) is 19.2 Å². The largest absolute Gasteiger partial charge is 0.507 e. The third-order valence-corrected chi connectivity index (χ3v) is 16.4. The molecule has 25 atom stereocenters. The van der Waals surface area contributed by atoms with E-state index in [2.05, 4.69) is 0 Å². The Labute approximate surface area is 480 Å². The Kier molecular flexibility index (Phi) is 20.5. The lowest BCUT2D eigenvalue weighted by molar-refractivity contribution is -0.334. The van der Waals surface area contributed by atoms with Crippen LogP contribution in [0.5, 0.6) is 17.2 Å². The molecule has 5 fully saturated rings. The number of hydrogen-bond acceptors (Lipinski definition) is 26. The molecule has 8 rings (SSSR count). The molecule has 0 spiro atoms. The summed E-state index contributed by atoms with van der Waals surface area (Å²) in [7, 11) is 1.17. The van der Waals surface area contributed by atoms with Crippen LogP contribution in [-0.4, -0.2) is 223 Å². The number of benzene rings is 2. The molecule has 6 aliphatic rings. The number of methoxy groups -OCH3 is 1. The molecular weight excluding hydrogens is 1100 g/mol. The van der Waals surface area contributed by atoms with E-state index in [1.807, 2.05) is 0 Å². The minimum Gasteiger partial charge on any atom is -0.507 e. The summed E-state index contributed by atoms with van der Waals surface area (Å²) >= 11 is 0. The summed E-state index contributed by atoms with van der Waals surface area (Å²) in [6, 6.07) is 4.15. The van der Waals surface area contributed by atoms with Crippen LogP contribution < -0.4 is 4.74 Å². The number of rotatable bonds is 18. The first-order valence-electron chi connectivity index (χ1n) is 28.3. The van der Waals surface area contributed by atoms with Crippen molar-refractivity contribution in [3.05, 3.63) is 29.3 Å². The number of aliphatic hydroxyl groups excluding tert-OH is 6. The Morgan fingerprint density at radius 3 is 1.80 bits per heavy atom. The van der Waals surface area contributed by atoms with Gasteiger partial charge in [0.15, 0.2) is 48.9 Å². The van der Waals surface area contributed by atoms with Crippen LogP contribution in [0.25, 0.3) is 10.8 Å². The van der Waals surface area contributed by atoms with Crippen molar-refractivity contribution in [1.29, 1.82) is 0 Å². The molecule has 20 unspecified atom stereocenters. The van der Waals surface area contributed by atoms with Crippen LogP contribution in [0.15, 0.2) is 18.2 Å². The van der Waals surface area contributed by atoms with Gasteiger partial charge in [-0.1, -0.05) is 13.8 Å². The quantitative estimate of drug-likeness (QED) is 0.0948. The van der Waals surface area contributed by atoms with Gasteiger partial charge in [0.2, 0.25) is 6.29 Å². The van der Waals surface area contributed by atoms with Crippen LogP contribution >= 0.6 is 0 Å². The van der Waals surface area contributed by atoms with Crippen LogP contribution in [0.4, 0.5) is 0 Å². The molecule has 83 heavy (non-hydrogen) atoms. The highest BCUT2D eigenvalue weighted by Crippen LogP contribution is 2.46. The highest BCUT2D eigenvalue weighted by atomic mass is 16.7. The van der Waals surface area contributed by atoms with Crippen molar-refractivity contribution < 1.29 is 127 Å². The van der Waals surface area contributed by atoms with Crippen molar-refractivity contribution in [1.82, 2.24) is 0 Å². The van der Waals surface area contributed by atoms with Gasteiger partial charge in [0.1, 0.15) is 65.6 Å². The Bertz CT molecular complexity index is 2600. The standard InChI is InChI=1S/C57H82O26/c1-21(2)56(69)83-55-27(8)76-42(20-57(55,10)70)80-36-17-40(73-24(5)48(36)65)79-35-18-41(74-25(6)47(35)64)82-54-32(53(71-11)51(68)45(62)22(3)58)14-30-12-29-13-31(15-33(60)43(29)49(66)44(30)50(54)67)78-39-19-37(52(26(7)75-39)77-28(9)59)81-38-16-34(61)46(63)23(4)72-38/h12-13,15,21-27,32,34-42,45-48,52-55,58,60-66,70H,14,16-20H2,1-11H3/t22-,23?,24?,25?,26?,27?,32+,34?,35?,36?,37?,38?,39?,40?,41?,42?,45+,46?,47?,48?,52?,53+,54+,55?,57?/m1/s1. The van der Waals surface area contributed by atoms with E-state index in [0.29, 0.717) is 0 Å². The van der Waals surface area contributed by atoms with Gasteiger partial charge >= 0.3 is 11.9 Å². The summed E-state index contributed by atoms with van der Waals surface area (Å²) in [6.45, 7) is 15.2. The number of aliphatic hydroxyl groups is 7. The maximum atomic E-state index is 15.1. The second-order valence-electron chi connectivity index (χ2n) is 23.5. The summed E-state index contributed by atoms with van der Waals surface area (Å²) in [5.74, 6) is -5.87. The van der Waals surface area contributed by atoms with E-state index in [9.17, 15) is 60.3 Å². The molecule has 5 saturated heterocycles. The summed E-state index contributed by atoms with van der Waals surface area (Å²) in [5.41, 5.74) is -1.68. The van der Waals surface area contributed by atoms with E-state index < -0.39 is 194 Å². The number of carbonyl (C=O) groups excluding carboxylic acids is 4. The molecule has 1 aliphatic carbocycles. The predicted octanol–water partition coefficient (Wildman–Crippen LogP) is 1.22. The molecule has 26 heteroatoms. The van der Waals surface area contributed by atoms with E-state index in [4.69, 9.17) is 61.6 Å². The molecule has 2 aromatic rings. The molecule has 0 radical (unpaired) electrons. The minimum atomic E-state index is -1.97. The number of ketones is 2. The van der Waals surface area contributed by atoms with Crippen molar-refractivity contribution >= 4 is 34.3 Å². The molecule has 0 bridgehead atoms. The topological polar surface area (TPSA) is 370 Å². The van der Waals surface area contributed by atoms with Gasteiger partial charge in [-0.25, -0.2) is 0 Å². The number of esters is 2. The fraction of sp³-hybridized carbons (Fsp3) is 0.754. The number of aromatic hydroxyl groups is 2. The van der Waals surface area contributed by atoms with Crippen LogP contribution in [-0.2, 0) is 77.6 Å². The lowest BCUT2D eigenvalue weighted by Crippen LogP contribution is -2.59. The summed E-state index contributed by atoms with van der Waals surface area (Å²) < 4.78 is 78.5. The van der Waals surface area contributed by atoms with Gasteiger partial charge in [-0.05, 0) is 78.0 Å². The number of Topliss-reactive ketones (excluding diaryl/α,β-unsaturated/α-hetero) is 2. The van der Waals surface area contributed by atoms with E-state index in [0.717, 1.165) is 0 Å². The average Bonchev–Trinajstić information content (AvgIpc) is 1.56. The fourth-order valence-corrected chi connectivity index (χ4v) is 12.0. The van der Waals surface area contributed by atoms with Crippen molar-refractivity contribution in [2.45, 2.75) is 255 Å². The number of fused-ring (bicyclic) bond motifs is 2. The smallest absolute Gasteiger partial charge is 0.308 e. The zero-order chi connectivity index (χ0) is 60.8. The molecule has 466 valence electrons. The van der Waals surface area contributed by atoms with Gasteiger partial charge in [0.25, 0.3) is 0 Å². The molecule has 9 N–H and O–H groups in total. The Morgan fingerprint density at radius 1 is 0.687 bits per heavy atom. The van der Waals surface area contributed by atoms with Crippen molar-refractivity contribution in [3.8, 4) is 17.2 Å². The van der Waals surface area contributed by atoms with Crippen LogP contribution in [0.1, 0.15) is 117 Å². The van der Waals surface area contributed by atoms with E-state index in [-0.39, 0.29) is 66.2 Å². The summed E-state index contributed by atoms with van der Waals surface area (Å²) in [6.07, 6.45) is -27.4. The highest BCUT2D eigenvalue weighted by Gasteiger charge is 2.52. The monoisotopic (exact) mass is 1180 g/mol. The molecule has 0 aromatic heterocycles. The van der Waals surface area contributed by atoms with E-state index >= 15 is 4.79 Å². The normalized spacial score (nSPS) is 39.8. The first-order valence-corrected chi connectivity index (χ1v) is 28.3. The summed E-state index contributed by atoms with van der Waals surface area (Å²) in [5, 5.41) is 99.7. The zero-order valence-electron chi connectivity index (χ0n) is 48.4. The maximum Gasteiger partial charge on any atom is 0.308 e. The van der Waals surface area contributed by atoms with Gasteiger partial charge in [0.05, 0.1) is 71.8 Å². The van der Waals surface area contributed by atoms with Crippen LogP contribution in [0, 0.1) is 11.8 Å². The van der Waals surface area contributed by atoms with E-state index in [1.165, 1.54) is 53.0 Å². The number of phenolic OH excluding ortho intramolecular Hbond substituents is 2. The highest BCUT2D eigenvalue weighted by molar-refractivity contribution is 6.11. The van der Waals surface area contributed by atoms with Gasteiger partial charge in [0, 0.05) is 58.1 Å². The second-order valence-corrected chi connectivity index (χ2v) is 23.5. The number of phenols is 2. The first kappa shape index (κ1) is 64.7. The van der Waals surface area contributed by atoms with Crippen LogP contribution in [0.3, 0.4) is 0 Å².